The molecule has 0 fully saturated rings. The quantitative estimate of drug-likeness (QED) is 0.691. The van der Waals surface area contributed by atoms with Gasteiger partial charge < -0.3 is 5.11 Å². The van der Waals surface area contributed by atoms with Crippen molar-refractivity contribution in [1.29, 1.82) is 0 Å². The van der Waals surface area contributed by atoms with Crippen LogP contribution in [-0.2, 0) is 10.8 Å². The second-order valence-electron chi connectivity index (χ2n) is 8.23. The number of aromatic hydroxyl groups is 1. The van der Waals surface area contributed by atoms with Gasteiger partial charge in [0.1, 0.15) is 5.75 Å². The molecule has 2 rings (SSSR count). The topological polar surface area (TPSA) is 37.3 Å². The number of ketones is 1. The van der Waals surface area contributed by atoms with Gasteiger partial charge in [0.15, 0.2) is 5.78 Å². The van der Waals surface area contributed by atoms with Crippen LogP contribution >= 0.6 is 11.6 Å². The molecule has 0 atom stereocenters. The molecule has 3 heteroatoms. The normalized spacial score (nSPS) is 12.3. The van der Waals surface area contributed by atoms with Crippen LogP contribution < -0.4 is 0 Å². The van der Waals surface area contributed by atoms with Crippen LogP contribution in [0.5, 0.6) is 5.75 Å². The molecule has 0 aliphatic rings. The standard InChI is InChI=1S/C21H25ClO2/c1-20(2,3)15-11-13(12-16(19(15)24)21(4,5)6)18(23)14-9-7-8-10-17(14)22/h7-12,24H,1-6H3. The summed E-state index contributed by atoms with van der Waals surface area (Å²) in [5, 5.41) is 11.2. The van der Waals surface area contributed by atoms with Gasteiger partial charge in [-0.05, 0) is 35.1 Å². The minimum atomic E-state index is -0.277. The van der Waals surface area contributed by atoms with Crippen LogP contribution in [0.25, 0.3) is 0 Å². The summed E-state index contributed by atoms with van der Waals surface area (Å²) in [4.78, 5) is 13.0. The van der Waals surface area contributed by atoms with Gasteiger partial charge in [0.25, 0.3) is 0 Å². The number of phenolic OH excluding ortho intramolecular Hbond substituents is 1. The Bertz CT molecular complexity index is 742. The highest BCUT2D eigenvalue weighted by Gasteiger charge is 2.28. The molecule has 0 aromatic heterocycles. The molecule has 2 aromatic rings. The Balaban J connectivity index is 2.72. The van der Waals surface area contributed by atoms with Gasteiger partial charge in [-0.3, -0.25) is 4.79 Å². The van der Waals surface area contributed by atoms with E-state index >= 15 is 0 Å². The number of hydrogen-bond donors (Lipinski definition) is 1. The third-order valence-electron chi connectivity index (χ3n) is 4.11. The van der Waals surface area contributed by atoms with Gasteiger partial charge in [-0.15, -0.1) is 0 Å². The van der Waals surface area contributed by atoms with E-state index in [-0.39, 0.29) is 22.4 Å². The molecule has 0 heterocycles. The molecule has 0 unspecified atom stereocenters. The average Bonchev–Trinajstić information content (AvgIpc) is 2.45. The van der Waals surface area contributed by atoms with Gasteiger partial charge >= 0.3 is 0 Å². The molecular weight excluding hydrogens is 320 g/mol. The van der Waals surface area contributed by atoms with Crippen molar-refractivity contribution >= 4 is 17.4 Å². The van der Waals surface area contributed by atoms with Gasteiger partial charge in [0.2, 0.25) is 0 Å². The third kappa shape index (κ3) is 3.64. The summed E-state index contributed by atoms with van der Waals surface area (Å²) in [5.41, 5.74) is 2.01. The predicted octanol–water partition coefficient (Wildman–Crippen LogP) is 5.87. The maximum Gasteiger partial charge on any atom is 0.194 e. The lowest BCUT2D eigenvalue weighted by molar-refractivity contribution is 0.103. The minimum absolute atomic E-state index is 0.128. The molecule has 0 radical (unpaired) electrons. The number of hydrogen-bond acceptors (Lipinski definition) is 2. The lowest BCUT2D eigenvalue weighted by atomic mass is 9.77. The third-order valence-corrected chi connectivity index (χ3v) is 4.44. The van der Waals surface area contributed by atoms with E-state index in [1.807, 2.05) is 41.5 Å². The maximum atomic E-state index is 13.0. The van der Waals surface area contributed by atoms with Crippen LogP contribution in [-0.4, -0.2) is 10.9 Å². The van der Waals surface area contributed by atoms with Crippen molar-refractivity contribution in [2.45, 2.75) is 52.4 Å². The molecule has 0 aliphatic heterocycles. The van der Waals surface area contributed by atoms with Crippen LogP contribution in [0.4, 0.5) is 0 Å². The van der Waals surface area contributed by atoms with E-state index in [9.17, 15) is 9.90 Å². The number of rotatable bonds is 2. The van der Waals surface area contributed by atoms with Crippen molar-refractivity contribution in [3.8, 4) is 5.75 Å². The van der Waals surface area contributed by atoms with Crippen molar-refractivity contribution < 1.29 is 9.90 Å². The Morgan fingerprint density at radius 3 is 1.79 bits per heavy atom. The van der Waals surface area contributed by atoms with E-state index in [4.69, 9.17) is 11.6 Å². The molecule has 1 N–H and O–H groups in total. The van der Waals surface area contributed by atoms with E-state index in [0.717, 1.165) is 11.1 Å². The fourth-order valence-electron chi connectivity index (χ4n) is 2.71. The number of halogens is 1. The molecule has 128 valence electrons. The molecule has 24 heavy (non-hydrogen) atoms. The van der Waals surface area contributed by atoms with E-state index in [1.54, 1.807) is 36.4 Å². The molecule has 0 aliphatic carbocycles. The number of carbonyl (C=O) groups excluding carboxylic acids is 1. The van der Waals surface area contributed by atoms with Gasteiger partial charge in [-0.25, -0.2) is 0 Å². The molecule has 2 nitrogen and oxygen atoms in total. The van der Waals surface area contributed by atoms with Gasteiger partial charge in [0, 0.05) is 22.3 Å². The first-order chi connectivity index (χ1) is 10.9. The Morgan fingerprint density at radius 2 is 1.38 bits per heavy atom. The molecule has 0 saturated heterocycles. The summed E-state index contributed by atoms with van der Waals surface area (Å²) < 4.78 is 0. The average molecular weight is 345 g/mol. The number of carbonyl (C=O) groups is 1. The molecule has 0 spiro atoms. The molecule has 2 aromatic carbocycles. The molecular formula is C21H25ClO2. The van der Waals surface area contributed by atoms with Crippen molar-refractivity contribution in [3.63, 3.8) is 0 Å². The monoisotopic (exact) mass is 344 g/mol. The molecule has 0 amide bonds. The van der Waals surface area contributed by atoms with E-state index < -0.39 is 0 Å². The highest BCUT2D eigenvalue weighted by molar-refractivity contribution is 6.35. The number of phenols is 1. The first-order valence-electron chi connectivity index (χ1n) is 8.10. The van der Waals surface area contributed by atoms with Crippen LogP contribution in [0.15, 0.2) is 36.4 Å². The smallest absolute Gasteiger partial charge is 0.194 e. The Labute approximate surface area is 149 Å². The lowest BCUT2D eigenvalue weighted by Crippen LogP contribution is -2.19. The second-order valence-corrected chi connectivity index (χ2v) is 8.64. The summed E-state index contributed by atoms with van der Waals surface area (Å²) in [5.74, 6) is 0.141. The van der Waals surface area contributed by atoms with Gasteiger partial charge in [0.05, 0.1) is 5.02 Å². The zero-order valence-corrected chi connectivity index (χ0v) is 16.0. The fourth-order valence-corrected chi connectivity index (χ4v) is 2.93. The summed E-state index contributed by atoms with van der Waals surface area (Å²) in [7, 11) is 0. The van der Waals surface area contributed by atoms with E-state index in [1.165, 1.54) is 0 Å². The number of benzene rings is 2. The largest absolute Gasteiger partial charge is 0.507 e. The first kappa shape index (κ1) is 18.5. The molecule has 0 bridgehead atoms. The summed E-state index contributed by atoms with van der Waals surface area (Å²) in [6.07, 6.45) is 0. The predicted molar refractivity (Wildman–Crippen MR) is 100 cm³/mol. The first-order valence-corrected chi connectivity index (χ1v) is 8.48. The summed E-state index contributed by atoms with van der Waals surface area (Å²) in [6.45, 7) is 12.2. The van der Waals surface area contributed by atoms with Gasteiger partial charge in [-0.2, -0.15) is 0 Å². The SMILES string of the molecule is CC(C)(C)c1cc(C(=O)c2ccccc2Cl)cc(C(C)(C)C)c1O. The van der Waals surface area contributed by atoms with Crippen molar-refractivity contribution in [2.24, 2.45) is 0 Å². The van der Waals surface area contributed by atoms with Crippen LogP contribution in [0.3, 0.4) is 0 Å². The van der Waals surface area contributed by atoms with Crippen LogP contribution in [0, 0.1) is 0 Å². The Kier molecular flexibility index (Phi) is 4.83. The highest BCUT2D eigenvalue weighted by Crippen LogP contribution is 2.40. The Hall–Kier alpha value is -1.80. The van der Waals surface area contributed by atoms with E-state index in [0.29, 0.717) is 16.1 Å². The van der Waals surface area contributed by atoms with Crippen molar-refractivity contribution in [2.75, 3.05) is 0 Å². The van der Waals surface area contributed by atoms with Crippen molar-refractivity contribution in [3.05, 3.63) is 63.7 Å². The van der Waals surface area contributed by atoms with E-state index in [2.05, 4.69) is 0 Å². The van der Waals surface area contributed by atoms with Crippen LogP contribution in [0.1, 0.15) is 68.6 Å². The van der Waals surface area contributed by atoms with Gasteiger partial charge in [-0.1, -0.05) is 65.3 Å². The summed E-state index contributed by atoms with van der Waals surface area (Å²) in [6, 6.07) is 10.6. The second kappa shape index (κ2) is 6.25. The maximum absolute atomic E-state index is 13.0. The highest BCUT2D eigenvalue weighted by atomic mass is 35.5. The Morgan fingerprint density at radius 1 is 0.917 bits per heavy atom. The molecule has 0 saturated carbocycles. The minimum Gasteiger partial charge on any atom is -0.507 e. The van der Waals surface area contributed by atoms with Crippen LogP contribution in [0.2, 0.25) is 5.02 Å². The zero-order valence-electron chi connectivity index (χ0n) is 15.2. The van der Waals surface area contributed by atoms with Crippen molar-refractivity contribution in [1.82, 2.24) is 0 Å². The summed E-state index contributed by atoms with van der Waals surface area (Å²) >= 11 is 6.19. The fraction of sp³-hybridized carbons (Fsp3) is 0.381. The zero-order chi connectivity index (χ0) is 18.3. The lowest BCUT2D eigenvalue weighted by Gasteiger charge is -2.28.